The molecule has 2 atom stereocenters. The van der Waals surface area contributed by atoms with Crippen LogP contribution < -0.4 is 10.6 Å². The Labute approximate surface area is 132 Å². The molecule has 3 N–H and O–H groups in total. The lowest BCUT2D eigenvalue weighted by atomic mass is 9.86. The Bertz CT molecular complexity index is 568. The van der Waals surface area contributed by atoms with Gasteiger partial charge >= 0.3 is 11.8 Å². The van der Waals surface area contributed by atoms with Crippen molar-refractivity contribution in [1.82, 2.24) is 5.32 Å². The molecule has 1 aromatic rings. The third kappa shape index (κ3) is 4.18. The summed E-state index contributed by atoms with van der Waals surface area (Å²) in [4.78, 5) is 23.5. The van der Waals surface area contributed by atoms with Crippen LogP contribution in [0.4, 0.5) is 10.1 Å². The molecule has 1 aliphatic rings. The molecule has 0 bridgehead atoms. The van der Waals surface area contributed by atoms with Crippen molar-refractivity contribution in [2.24, 2.45) is 5.92 Å². The summed E-state index contributed by atoms with van der Waals surface area (Å²) in [6, 6.07) is 4.13. The summed E-state index contributed by atoms with van der Waals surface area (Å²) < 4.78 is 13.6. The van der Waals surface area contributed by atoms with Gasteiger partial charge in [0.2, 0.25) is 0 Å². The van der Waals surface area contributed by atoms with Gasteiger partial charge in [0.15, 0.2) is 5.82 Å². The Morgan fingerprint density at radius 1 is 1.27 bits per heavy atom. The first-order valence-electron chi connectivity index (χ1n) is 7.20. The van der Waals surface area contributed by atoms with Crippen molar-refractivity contribution >= 4 is 29.1 Å². The number of carbonyl (C=O) groups is 2. The first kappa shape index (κ1) is 16.7. The molecule has 0 aliphatic heterocycles. The highest BCUT2D eigenvalue weighted by atomic mass is 35.5. The Morgan fingerprint density at radius 2 is 2.00 bits per heavy atom. The average Bonchev–Trinajstić information content (AvgIpc) is 2.50. The van der Waals surface area contributed by atoms with Crippen LogP contribution in [-0.2, 0) is 9.59 Å². The van der Waals surface area contributed by atoms with Crippen molar-refractivity contribution in [3.05, 3.63) is 29.0 Å². The Hall–Kier alpha value is -1.66. The van der Waals surface area contributed by atoms with Gasteiger partial charge in [-0.1, -0.05) is 30.5 Å². The lowest BCUT2D eigenvalue weighted by Crippen LogP contribution is -2.41. The molecule has 1 saturated carbocycles. The molecule has 0 radical (unpaired) electrons. The standard InChI is InChI=1S/C15H18ClFN2O3/c16-10-5-3-6-11(13(10)17)19-15(22)14(21)18-8-9-4-1-2-7-12(9)20/h3,5-6,9,12,20H,1-2,4,7-8H2,(H,18,21)(H,19,22)/t9-,12+/m1/s1. The quantitative estimate of drug-likeness (QED) is 0.743. The Balaban J connectivity index is 1.87. The Kier molecular flexibility index (Phi) is 5.74. The van der Waals surface area contributed by atoms with Crippen LogP contribution >= 0.6 is 11.6 Å². The molecule has 1 fully saturated rings. The van der Waals surface area contributed by atoms with Crippen molar-refractivity contribution in [3.8, 4) is 0 Å². The molecule has 2 rings (SSSR count). The molecule has 22 heavy (non-hydrogen) atoms. The maximum Gasteiger partial charge on any atom is 0.313 e. The second-order valence-corrected chi connectivity index (χ2v) is 5.78. The molecule has 0 spiro atoms. The van der Waals surface area contributed by atoms with Gasteiger partial charge in [-0.2, -0.15) is 0 Å². The number of hydrogen-bond acceptors (Lipinski definition) is 3. The molecule has 0 unspecified atom stereocenters. The van der Waals surface area contributed by atoms with Gasteiger partial charge in [0.05, 0.1) is 16.8 Å². The van der Waals surface area contributed by atoms with Gasteiger partial charge in [-0.15, -0.1) is 0 Å². The first-order valence-corrected chi connectivity index (χ1v) is 7.58. The second-order valence-electron chi connectivity index (χ2n) is 5.38. The minimum absolute atomic E-state index is 0.0478. The summed E-state index contributed by atoms with van der Waals surface area (Å²) in [6.07, 6.45) is 3.03. The topological polar surface area (TPSA) is 78.4 Å². The zero-order valence-electron chi connectivity index (χ0n) is 11.9. The normalized spacial score (nSPS) is 21.2. The number of carbonyl (C=O) groups excluding carboxylic acids is 2. The van der Waals surface area contributed by atoms with Crippen LogP contribution in [0.25, 0.3) is 0 Å². The molecule has 7 heteroatoms. The number of halogens is 2. The maximum absolute atomic E-state index is 13.6. The fourth-order valence-electron chi connectivity index (χ4n) is 2.51. The fraction of sp³-hybridized carbons (Fsp3) is 0.467. The van der Waals surface area contributed by atoms with E-state index in [1.807, 2.05) is 0 Å². The van der Waals surface area contributed by atoms with Gasteiger partial charge in [0.1, 0.15) is 0 Å². The number of anilines is 1. The minimum atomic E-state index is -0.966. The molecule has 0 heterocycles. The number of benzene rings is 1. The van der Waals surface area contributed by atoms with E-state index < -0.39 is 23.7 Å². The zero-order chi connectivity index (χ0) is 16.1. The van der Waals surface area contributed by atoms with Gasteiger partial charge in [-0.3, -0.25) is 9.59 Å². The van der Waals surface area contributed by atoms with Crippen molar-refractivity contribution < 1.29 is 19.1 Å². The first-order chi connectivity index (χ1) is 10.5. The monoisotopic (exact) mass is 328 g/mol. The van der Waals surface area contributed by atoms with Crippen molar-refractivity contribution in [2.75, 3.05) is 11.9 Å². The van der Waals surface area contributed by atoms with Crippen LogP contribution in [0.3, 0.4) is 0 Å². The molecule has 1 aromatic carbocycles. The van der Waals surface area contributed by atoms with Crippen LogP contribution in [0.15, 0.2) is 18.2 Å². The molecule has 0 saturated heterocycles. The van der Waals surface area contributed by atoms with E-state index in [1.165, 1.54) is 18.2 Å². The molecule has 5 nitrogen and oxygen atoms in total. The van der Waals surface area contributed by atoms with Crippen molar-refractivity contribution in [2.45, 2.75) is 31.8 Å². The van der Waals surface area contributed by atoms with E-state index in [-0.39, 0.29) is 23.2 Å². The van der Waals surface area contributed by atoms with Crippen LogP contribution in [0.2, 0.25) is 5.02 Å². The summed E-state index contributed by atoms with van der Waals surface area (Å²) >= 11 is 5.60. The van der Waals surface area contributed by atoms with E-state index in [2.05, 4.69) is 10.6 Å². The maximum atomic E-state index is 13.6. The van der Waals surface area contributed by atoms with Crippen LogP contribution in [0.1, 0.15) is 25.7 Å². The fourth-order valence-corrected chi connectivity index (χ4v) is 2.68. The minimum Gasteiger partial charge on any atom is -0.393 e. The molecule has 2 amide bonds. The predicted molar refractivity (Wildman–Crippen MR) is 81.0 cm³/mol. The largest absolute Gasteiger partial charge is 0.393 e. The van der Waals surface area contributed by atoms with Gasteiger partial charge in [0.25, 0.3) is 0 Å². The van der Waals surface area contributed by atoms with Crippen LogP contribution in [0, 0.1) is 11.7 Å². The molecule has 1 aliphatic carbocycles. The highest BCUT2D eigenvalue weighted by Gasteiger charge is 2.24. The van der Waals surface area contributed by atoms with Crippen molar-refractivity contribution in [1.29, 1.82) is 0 Å². The van der Waals surface area contributed by atoms with Crippen LogP contribution in [-0.4, -0.2) is 29.6 Å². The lowest BCUT2D eigenvalue weighted by molar-refractivity contribution is -0.136. The van der Waals surface area contributed by atoms with E-state index in [9.17, 15) is 19.1 Å². The lowest BCUT2D eigenvalue weighted by Gasteiger charge is -2.27. The molecular weight excluding hydrogens is 311 g/mol. The highest BCUT2D eigenvalue weighted by Crippen LogP contribution is 2.24. The number of rotatable bonds is 3. The Morgan fingerprint density at radius 3 is 2.73 bits per heavy atom. The summed E-state index contributed by atoms with van der Waals surface area (Å²) in [5.41, 5.74) is -0.148. The van der Waals surface area contributed by atoms with Crippen LogP contribution in [0.5, 0.6) is 0 Å². The van der Waals surface area contributed by atoms with Gasteiger partial charge in [0, 0.05) is 12.5 Å². The summed E-state index contributed by atoms with van der Waals surface area (Å²) in [6.45, 7) is 0.228. The number of aliphatic hydroxyl groups is 1. The SMILES string of the molecule is O=C(NC[C@H]1CCCC[C@@H]1O)C(=O)Nc1cccc(Cl)c1F. The average molecular weight is 329 g/mol. The number of nitrogens with one attached hydrogen (secondary N) is 2. The third-order valence-electron chi connectivity index (χ3n) is 3.80. The number of hydrogen-bond donors (Lipinski definition) is 3. The predicted octanol–water partition coefficient (Wildman–Crippen LogP) is 2.08. The number of amides is 2. The molecule has 0 aromatic heterocycles. The van der Waals surface area contributed by atoms with Gasteiger partial charge in [-0.25, -0.2) is 4.39 Å². The van der Waals surface area contributed by atoms with E-state index in [4.69, 9.17) is 11.6 Å². The highest BCUT2D eigenvalue weighted by molar-refractivity contribution is 6.39. The van der Waals surface area contributed by atoms with Crippen molar-refractivity contribution in [3.63, 3.8) is 0 Å². The van der Waals surface area contributed by atoms with E-state index in [1.54, 1.807) is 0 Å². The summed E-state index contributed by atoms with van der Waals surface area (Å²) in [5, 5.41) is 14.3. The van der Waals surface area contributed by atoms with Gasteiger partial charge < -0.3 is 15.7 Å². The third-order valence-corrected chi connectivity index (χ3v) is 4.09. The van der Waals surface area contributed by atoms with E-state index in [0.29, 0.717) is 6.42 Å². The van der Waals surface area contributed by atoms with Gasteiger partial charge in [-0.05, 0) is 25.0 Å². The molecule has 120 valence electrons. The summed E-state index contributed by atoms with van der Waals surface area (Å²) in [5.74, 6) is -2.66. The zero-order valence-corrected chi connectivity index (χ0v) is 12.7. The molecular formula is C15H18ClFN2O3. The second kappa shape index (κ2) is 7.56. The smallest absolute Gasteiger partial charge is 0.313 e. The van der Waals surface area contributed by atoms with E-state index >= 15 is 0 Å². The van der Waals surface area contributed by atoms with E-state index in [0.717, 1.165) is 19.3 Å². The summed E-state index contributed by atoms with van der Waals surface area (Å²) in [7, 11) is 0. The number of aliphatic hydroxyl groups excluding tert-OH is 1.